The fraction of sp³-hybridized carbons (Fsp3) is 0.143. The largest absolute Gasteiger partial charge is 0.296 e. The van der Waals surface area contributed by atoms with Gasteiger partial charge in [-0.25, -0.2) is 9.37 Å². The van der Waals surface area contributed by atoms with E-state index in [0.29, 0.717) is 11.2 Å². The van der Waals surface area contributed by atoms with Crippen LogP contribution >= 0.6 is 11.8 Å². The van der Waals surface area contributed by atoms with Gasteiger partial charge in [-0.1, -0.05) is 0 Å². The van der Waals surface area contributed by atoms with E-state index in [1.165, 1.54) is 24.0 Å². The van der Waals surface area contributed by atoms with Gasteiger partial charge in [0.25, 0.3) is 0 Å². The molecule has 0 saturated carbocycles. The Labute approximate surface area is 67.8 Å². The molecule has 0 bridgehead atoms. The highest BCUT2D eigenvalue weighted by atomic mass is 32.2. The predicted octanol–water partition coefficient (Wildman–Crippen LogP) is 1.76. The van der Waals surface area contributed by atoms with Gasteiger partial charge in [-0.2, -0.15) is 0 Å². The lowest BCUT2D eigenvalue weighted by Crippen LogP contribution is -1.91. The summed E-state index contributed by atoms with van der Waals surface area (Å²) in [6.45, 7) is 0. The molecule has 4 heteroatoms. The average Bonchev–Trinajstić information content (AvgIpc) is 2.04. The molecule has 0 atom stereocenters. The standard InChI is InChI=1S/C7H6FNOS/c1-11-5-2-6(8)7(4-10)9-3-5/h2-4H,1H3. The van der Waals surface area contributed by atoms with E-state index in [1.54, 1.807) is 0 Å². The molecule has 0 aliphatic carbocycles. The lowest BCUT2D eigenvalue weighted by atomic mass is 10.3. The van der Waals surface area contributed by atoms with Crippen molar-refractivity contribution in [2.24, 2.45) is 0 Å². The summed E-state index contributed by atoms with van der Waals surface area (Å²) in [6, 6.07) is 1.29. The fourth-order valence-corrected chi connectivity index (χ4v) is 1.01. The van der Waals surface area contributed by atoms with Crippen molar-refractivity contribution in [1.82, 2.24) is 4.98 Å². The van der Waals surface area contributed by atoms with Crippen LogP contribution in [0.2, 0.25) is 0 Å². The Morgan fingerprint density at radius 3 is 2.91 bits per heavy atom. The number of nitrogens with zero attached hydrogens (tertiary/aromatic N) is 1. The highest BCUT2D eigenvalue weighted by Gasteiger charge is 2.02. The second-order valence-electron chi connectivity index (χ2n) is 1.86. The van der Waals surface area contributed by atoms with Crippen LogP contribution in [0.5, 0.6) is 0 Å². The van der Waals surface area contributed by atoms with Crippen LogP contribution in [0.1, 0.15) is 10.5 Å². The van der Waals surface area contributed by atoms with Crippen molar-refractivity contribution >= 4 is 18.0 Å². The number of hydrogen-bond acceptors (Lipinski definition) is 3. The van der Waals surface area contributed by atoms with Crippen LogP contribution in [0, 0.1) is 5.82 Å². The summed E-state index contributed by atoms with van der Waals surface area (Å²) >= 11 is 1.38. The number of halogens is 1. The summed E-state index contributed by atoms with van der Waals surface area (Å²) in [7, 11) is 0. The van der Waals surface area contributed by atoms with Crippen LogP contribution in [-0.4, -0.2) is 17.5 Å². The predicted molar refractivity (Wildman–Crippen MR) is 41.4 cm³/mol. The van der Waals surface area contributed by atoms with Gasteiger partial charge in [-0.15, -0.1) is 11.8 Å². The molecule has 1 rings (SSSR count). The van der Waals surface area contributed by atoms with Crippen molar-refractivity contribution in [2.45, 2.75) is 4.90 Å². The molecule has 0 aromatic carbocycles. The first-order chi connectivity index (χ1) is 5.27. The zero-order valence-electron chi connectivity index (χ0n) is 5.87. The minimum absolute atomic E-state index is 0.136. The summed E-state index contributed by atoms with van der Waals surface area (Å²) in [5, 5.41) is 0. The minimum atomic E-state index is -0.563. The van der Waals surface area contributed by atoms with Gasteiger partial charge in [0.1, 0.15) is 5.69 Å². The normalized spacial score (nSPS) is 9.64. The second-order valence-corrected chi connectivity index (χ2v) is 2.74. The summed E-state index contributed by atoms with van der Waals surface area (Å²) in [5.74, 6) is -0.563. The van der Waals surface area contributed by atoms with E-state index in [4.69, 9.17) is 0 Å². The maximum absolute atomic E-state index is 12.7. The van der Waals surface area contributed by atoms with Crippen LogP contribution < -0.4 is 0 Å². The van der Waals surface area contributed by atoms with Gasteiger partial charge < -0.3 is 0 Å². The first-order valence-electron chi connectivity index (χ1n) is 2.92. The molecule has 0 spiro atoms. The van der Waals surface area contributed by atoms with Gasteiger partial charge in [-0.3, -0.25) is 4.79 Å². The van der Waals surface area contributed by atoms with Crippen molar-refractivity contribution < 1.29 is 9.18 Å². The molecule has 1 aromatic heterocycles. The van der Waals surface area contributed by atoms with Gasteiger partial charge in [0.15, 0.2) is 12.1 Å². The Morgan fingerprint density at radius 2 is 2.45 bits per heavy atom. The quantitative estimate of drug-likeness (QED) is 0.501. The first-order valence-corrected chi connectivity index (χ1v) is 4.15. The van der Waals surface area contributed by atoms with Crippen molar-refractivity contribution in [1.29, 1.82) is 0 Å². The molecule has 2 nitrogen and oxygen atoms in total. The van der Waals surface area contributed by atoms with E-state index < -0.39 is 5.82 Å². The third-order valence-electron chi connectivity index (χ3n) is 1.19. The minimum Gasteiger partial charge on any atom is -0.296 e. The molecule has 0 amide bonds. The molecule has 11 heavy (non-hydrogen) atoms. The lowest BCUT2D eigenvalue weighted by Gasteiger charge is -1.96. The summed E-state index contributed by atoms with van der Waals surface area (Å²) < 4.78 is 12.7. The molecule has 0 aliphatic heterocycles. The highest BCUT2D eigenvalue weighted by molar-refractivity contribution is 7.98. The van der Waals surface area contributed by atoms with Crippen molar-refractivity contribution in [3.8, 4) is 0 Å². The molecule has 0 saturated heterocycles. The van der Waals surface area contributed by atoms with Crippen molar-refractivity contribution in [2.75, 3.05) is 6.26 Å². The van der Waals surface area contributed by atoms with E-state index in [0.717, 1.165) is 0 Å². The molecule has 1 aromatic rings. The molecule has 1 heterocycles. The zero-order valence-corrected chi connectivity index (χ0v) is 6.69. The number of pyridine rings is 1. The first kappa shape index (κ1) is 8.20. The van der Waals surface area contributed by atoms with Crippen LogP contribution in [-0.2, 0) is 0 Å². The molecule has 0 fully saturated rings. The number of carbonyl (C=O) groups excluding carboxylic acids is 1. The SMILES string of the molecule is CSc1cnc(C=O)c(F)c1. The Balaban J connectivity index is 3.09. The molecule has 0 radical (unpaired) electrons. The van der Waals surface area contributed by atoms with Crippen LogP contribution in [0.3, 0.4) is 0 Å². The van der Waals surface area contributed by atoms with Gasteiger partial charge >= 0.3 is 0 Å². The number of thioether (sulfide) groups is 1. The lowest BCUT2D eigenvalue weighted by molar-refractivity contribution is 0.111. The average molecular weight is 171 g/mol. The molecule has 0 aliphatic rings. The van der Waals surface area contributed by atoms with Crippen LogP contribution in [0.25, 0.3) is 0 Å². The number of rotatable bonds is 2. The Morgan fingerprint density at radius 1 is 1.73 bits per heavy atom. The zero-order chi connectivity index (χ0) is 8.27. The third-order valence-corrected chi connectivity index (χ3v) is 1.89. The molecular weight excluding hydrogens is 165 g/mol. The smallest absolute Gasteiger partial charge is 0.171 e. The maximum atomic E-state index is 12.7. The monoisotopic (exact) mass is 171 g/mol. The number of hydrogen-bond donors (Lipinski definition) is 0. The second kappa shape index (κ2) is 3.48. The van der Waals surface area contributed by atoms with E-state index in [-0.39, 0.29) is 5.69 Å². The number of aldehydes is 1. The van der Waals surface area contributed by atoms with E-state index in [9.17, 15) is 9.18 Å². The van der Waals surface area contributed by atoms with Crippen LogP contribution in [0.4, 0.5) is 4.39 Å². The molecule has 0 N–H and O–H groups in total. The number of aromatic nitrogens is 1. The van der Waals surface area contributed by atoms with Crippen LogP contribution in [0.15, 0.2) is 17.2 Å². The summed E-state index contributed by atoms with van der Waals surface area (Å²) in [6.07, 6.45) is 3.69. The summed E-state index contributed by atoms with van der Waals surface area (Å²) in [4.78, 5) is 14.4. The number of carbonyl (C=O) groups is 1. The Bertz CT molecular complexity index is 277. The summed E-state index contributed by atoms with van der Waals surface area (Å²) in [5.41, 5.74) is -0.136. The topological polar surface area (TPSA) is 30.0 Å². The fourth-order valence-electron chi connectivity index (χ4n) is 0.629. The highest BCUT2D eigenvalue weighted by Crippen LogP contribution is 2.14. The van der Waals surface area contributed by atoms with Crippen molar-refractivity contribution in [3.05, 3.63) is 23.8 Å². The van der Waals surface area contributed by atoms with Gasteiger partial charge in [0.05, 0.1) is 0 Å². The molecular formula is C7H6FNOS. The Kier molecular flexibility index (Phi) is 2.59. The maximum Gasteiger partial charge on any atom is 0.171 e. The molecule has 0 unspecified atom stereocenters. The third kappa shape index (κ3) is 1.77. The van der Waals surface area contributed by atoms with Gasteiger partial charge in [-0.05, 0) is 12.3 Å². The van der Waals surface area contributed by atoms with E-state index in [1.807, 2.05) is 6.26 Å². The van der Waals surface area contributed by atoms with Crippen molar-refractivity contribution in [3.63, 3.8) is 0 Å². The van der Waals surface area contributed by atoms with E-state index >= 15 is 0 Å². The Hall–Kier alpha value is -0.900. The van der Waals surface area contributed by atoms with Gasteiger partial charge in [0.2, 0.25) is 0 Å². The van der Waals surface area contributed by atoms with E-state index in [2.05, 4.69) is 4.98 Å². The van der Waals surface area contributed by atoms with Gasteiger partial charge in [0, 0.05) is 11.1 Å². The molecule has 58 valence electrons.